The van der Waals surface area contributed by atoms with Gasteiger partial charge in [-0.25, -0.2) is 4.79 Å². The summed E-state index contributed by atoms with van der Waals surface area (Å²) in [6.07, 6.45) is -1.01. The summed E-state index contributed by atoms with van der Waals surface area (Å²) in [6, 6.07) is 8.27. The standard InChI is InChI=1S/C27H38O8/c1-17-9-21(11-19(13-30-5)25(17)34-15-23(28)32-7)27(3,4)22-10-18(2)26(20(12-22)14-31-6)35-16-24(29)33-8/h9-12,23,28H,13-16H2,1-8H3. The van der Waals surface area contributed by atoms with Crippen LogP contribution in [0.25, 0.3) is 0 Å². The van der Waals surface area contributed by atoms with Gasteiger partial charge in [-0.15, -0.1) is 0 Å². The van der Waals surface area contributed by atoms with E-state index in [2.05, 4.69) is 32.0 Å². The number of carbonyl (C=O) groups is 1. The molecule has 1 N–H and O–H groups in total. The van der Waals surface area contributed by atoms with Crippen LogP contribution in [0.15, 0.2) is 24.3 Å². The topological polar surface area (TPSA) is 92.7 Å². The average molecular weight is 491 g/mol. The summed E-state index contributed by atoms with van der Waals surface area (Å²) in [5.41, 5.74) is 5.32. The first-order chi connectivity index (χ1) is 16.6. The van der Waals surface area contributed by atoms with E-state index in [0.29, 0.717) is 24.7 Å². The van der Waals surface area contributed by atoms with E-state index < -0.39 is 12.3 Å². The van der Waals surface area contributed by atoms with Crippen molar-refractivity contribution in [2.75, 3.05) is 41.7 Å². The lowest BCUT2D eigenvalue weighted by molar-refractivity contribution is -0.142. The monoisotopic (exact) mass is 490 g/mol. The van der Waals surface area contributed by atoms with E-state index in [1.54, 1.807) is 14.2 Å². The molecular weight excluding hydrogens is 452 g/mol. The van der Waals surface area contributed by atoms with Crippen molar-refractivity contribution in [1.82, 2.24) is 0 Å². The first-order valence-corrected chi connectivity index (χ1v) is 11.4. The fraction of sp³-hybridized carbons (Fsp3) is 0.519. The van der Waals surface area contributed by atoms with E-state index in [1.807, 2.05) is 19.9 Å². The van der Waals surface area contributed by atoms with Crippen molar-refractivity contribution in [3.8, 4) is 11.5 Å². The molecule has 0 aromatic heterocycles. The first-order valence-electron chi connectivity index (χ1n) is 11.4. The number of benzene rings is 2. The summed E-state index contributed by atoms with van der Waals surface area (Å²) in [7, 11) is 6.01. The minimum absolute atomic E-state index is 0.0173. The number of ether oxygens (including phenoxy) is 6. The van der Waals surface area contributed by atoms with Gasteiger partial charge < -0.3 is 33.5 Å². The third-order valence-electron chi connectivity index (χ3n) is 5.95. The van der Waals surface area contributed by atoms with Gasteiger partial charge in [-0.2, -0.15) is 0 Å². The van der Waals surface area contributed by atoms with Crippen molar-refractivity contribution in [2.24, 2.45) is 0 Å². The van der Waals surface area contributed by atoms with Crippen molar-refractivity contribution in [3.63, 3.8) is 0 Å². The zero-order valence-corrected chi connectivity index (χ0v) is 22.0. The van der Waals surface area contributed by atoms with Crippen LogP contribution in [0.3, 0.4) is 0 Å². The molecule has 194 valence electrons. The summed E-state index contributed by atoms with van der Waals surface area (Å²) in [5, 5.41) is 9.74. The van der Waals surface area contributed by atoms with Crippen molar-refractivity contribution in [3.05, 3.63) is 57.6 Å². The number of esters is 1. The number of methoxy groups -OCH3 is 4. The van der Waals surface area contributed by atoms with Crippen LogP contribution in [0.4, 0.5) is 0 Å². The highest BCUT2D eigenvalue weighted by Crippen LogP contribution is 2.39. The van der Waals surface area contributed by atoms with Gasteiger partial charge in [-0.3, -0.25) is 0 Å². The maximum absolute atomic E-state index is 11.6. The van der Waals surface area contributed by atoms with Crippen LogP contribution in [0, 0.1) is 13.8 Å². The highest BCUT2D eigenvalue weighted by Gasteiger charge is 2.27. The third kappa shape index (κ3) is 7.18. The Morgan fingerprint density at radius 2 is 1.34 bits per heavy atom. The number of carbonyl (C=O) groups excluding carboxylic acids is 1. The summed E-state index contributed by atoms with van der Waals surface area (Å²) in [4.78, 5) is 11.6. The molecule has 35 heavy (non-hydrogen) atoms. The van der Waals surface area contributed by atoms with Crippen molar-refractivity contribution >= 4 is 5.97 Å². The molecule has 0 radical (unpaired) electrons. The minimum atomic E-state index is -1.01. The lowest BCUT2D eigenvalue weighted by Crippen LogP contribution is -2.22. The van der Waals surface area contributed by atoms with Crippen LogP contribution in [0.1, 0.15) is 47.2 Å². The molecule has 2 aromatic rings. The lowest BCUT2D eigenvalue weighted by atomic mass is 9.76. The van der Waals surface area contributed by atoms with Crippen LogP contribution in [0.5, 0.6) is 11.5 Å². The van der Waals surface area contributed by atoms with E-state index >= 15 is 0 Å². The minimum Gasteiger partial charge on any atom is -0.488 e. The molecule has 8 nitrogen and oxygen atoms in total. The van der Waals surface area contributed by atoms with Gasteiger partial charge in [0.15, 0.2) is 12.9 Å². The fourth-order valence-electron chi connectivity index (χ4n) is 3.93. The molecule has 0 aliphatic heterocycles. The number of aryl methyl sites for hydroxylation is 2. The van der Waals surface area contributed by atoms with Crippen LogP contribution >= 0.6 is 0 Å². The molecule has 0 fully saturated rings. The molecular formula is C27H38O8. The molecule has 0 saturated carbocycles. The zero-order valence-electron chi connectivity index (χ0n) is 22.0. The number of aliphatic hydroxyl groups excluding tert-OH is 1. The Kier molecular flexibility index (Phi) is 10.5. The molecule has 0 heterocycles. The van der Waals surface area contributed by atoms with E-state index in [-0.39, 0.29) is 18.6 Å². The lowest BCUT2D eigenvalue weighted by Gasteiger charge is -2.30. The van der Waals surface area contributed by atoms with E-state index in [0.717, 1.165) is 33.4 Å². The van der Waals surface area contributed by atoms with Crippen molar-refractivity contribution in [2.45, 2.75) is 52.6 Å². The van der Waals surface area contributed by atoms with E-state index in [1.165, 1.54) is 14.2 Å². The molecule has 0 amide bonds. The highest BCUT2D eigenvalue weighted by molar-refractivity contribution is 5.71. The summed E-state index contributed by atoms with van der Waals surface area (Å²) >= 11 is 0. The number of hydrogen-bond donors (Lipinski definition) is 1. The van der Waals surface area contributed by atoms with Crippen LogP contribution in [-0.4, -0.2) is 59.0 Å². The maximum atomic E-state index is 11.6. The Morgan fingerprint density at radius 3 is 1.77 bits per heavy atom. The van der Waals surface area contributed by atoms with Gasteiger partial charge in [0.25, 0.3) is 0 Å². The quantitative estimate of drug-likeness (QED) is 0.335. The Bertz CT molecular complexity index is 999. The molecule has 2 aromatic carbocycles. The van der Waals surface area contributed by atoms with Crippen molar-refractivity contribution in [1.29, 1.82) is 0 Å². The second-order valence-electron chi connectivity index (χ2n) is 8.92. The van der Waals surface area contributed by atoms with Crippen LogP contribution in [0.2, 0.25) is 0 Å². The van der Waals surface area contributed by atoms with Gasteiger partial charge in [0.2, 0.25) is 0 Å². The van der Waals surface area contributed by atoms with Gasteiger partial charge >= 0.3 is 5.97 Å². The molecule has 0 aliphatic rings. The van der Waals surface area contributed by atoms with E-state index in [9.17, 15) is 9.90 Å². The SMILES string of the molecule is COCc1cc(C(C)(C)c2cc(C)c(OCC(O)OC)c(COC)c2)cc(C)c1OCC(=O)OC. The Balaban J connectivity index is 2.50. The van der Waals surface area contributed by atoms with Gasteiger partial charge in [-0.05, 0) is 48.2 Å². The zero-order chi connectivity index (χ0) is 26.2. The normalized spacial score (nSPS) is 12.4. The number of aliphatic hydroxyl groups is 1. The second kappa shape index (κ2) is 12.9. The summed E-state index contributed by atoms with van der Waals surface area (Å²) in [5.74, 6) is 0.845. The summed E-state index contributed by atoms with van der Waals surface area (Å²) < 4.78 is 32.1. The second-order valence-corrected chi connectivity index (χ2v) is 8.92. The molecule has 0 aliphatic carbocycles. The van der Waals surface area contributed by atoms with E-state index in [4.69, 9.17) is 28.4 Å². The van der Waals surface area contributed by atoms with Crippen LogP contribution < -0.4 is 9.47 Å². The molecule has 8 heteroatoms. The summed E-state index contributed by atoms with van der Waals surface area (Å²) in [6.45, 7) is 8.76. The fourth-order valence-corrected chi connectivity index (χ4v) is 3.93. The molecule has 2 rings (SSSR count). The molecule has 1 unspecified atom stereocenters. The maximum Gasteiger partial charge on any atom is 0.343 e. The Labute approximate surface area is 208 Å². The Morgan fingerprint density at radius 1 is 0.857 bits per heavy atom. The molecule has 1 atom stereocenters. The molecule has 0 bridgehead atoms. The Hall–Kier alpha value is -2.65. The van der Waals surface area contributed by atoms with Gasteiger partial charge in [-0.1, -0.05) is 26.0 Å². The number of hydrogen-bond acceptors (Lipinski definition) is 8. The van der Waals surface area contributed by atoms with Gasteiger partial charge in [0, 0.05) is 37.9 Å². The average Bonchev–Trinajstić information content (AvgIpc) is 2.82. The predicted octanol–water partition coefficient (Wildman–Crippen LogP) is 3.82. The van der Waals surface area contributed by atoms with Crippen LogP contribution in [-0.2, 0) is 42.4 Å². The largest absolute Gasteiger partial charge is 0.488 e. The predicted molar refractivity (Wildman–Crippen MR) is 132 cm³/mol. The number of rotatable bonds is 13. The highest BCUT2D eigenvalue weighted by atomic mass is 16.6. The smallest absolute Gasteiger partial charge is 0.343 e. The van der Waals surface area contributed by atoms with Crippen molar-refractivity contribution < 1.29 is 38.3 Å². The molecule has 0 saturated heterocycles. The van der Waals surface area contributed by atoms with Gasteiger partial charge in [0.1, 0.15) is 18.1 Å². The van der Waals surface area contributed by atoms with Gasteiger partial charge in [0.05, 0.1) is 20.3 Å². The first kappa shape index (κ1) is 28.6. The third-order valence-corrected chi connectivity index (χ3v) is 5.95. The molecule has 0 spiro atoms.